The maximum absolute atomic E-state index is 12.2. The first kappa shape index (κ1) is 23.3. The van der Waals surface area contributed by atoms with Gasteiger partial charge in [-0.15, -0.1) is 0 Å². The van der Waals surface area contributed by atoms with Crippen LogP contribution in [0, 0.1) is 0 Å². The van der Waals surface area contributed by atoms with E-state index in [1.165, 1.54) is 0 Å². The summed E-state index contributed by atoms with van der Waals surface area (Å²) >= 11 is 3.45. The van der Waals surface area contributed by atoms with Crippen molar-refractivity contribution in [1.29, 1.82) is 0 Å². The standard InChI is InChI=1S/C19H31BrO5Si/c1-14(2)23-26(24-15(3)4,25-16(5)6)12-11-22-19(21)13-17-9-7-8-10-18(17)20/h7-10,14-16H,11-13H2,1-6H3. The molecule has 148 valence electrons. The number of benzene rings is 1. The summed E-state index contributed by atoms with van der Waals surface area (Å²) in [6.07, 6.45) is 0.123. The molecule has 0 radical (unpaired) electrons. The third-order valence-corrected chi connectivity index (χ3v) is 7.29. The van der Waals surface area contributed by atoms with Gasteiger partial charge < -0.3 is 18.0 Å². The minimum atomic E-state index is -2.94. The zero-order chi connectivity index (χ0) is 19.7. The lowest BCUT2D eigenvalue weighted by Gasteiger charge is -2.34. The third kappa shape index (κ3) is 8.77. The monoisotopic (exact) mass is 446 g/mol. The Morgan fingerprint density at radius 1 is 0.962 bits per heavy atom. The molecule has 26 heavy (non-hydrogen) atoms. The molecule has 0 heterocycles. The number of hydrogen-bond acceptors (Lipinski definition) is 5. The maximum atomic E-state index is 12.2. The number of carbonyl (C=O) groups excluding carboxylic acids is 1. The molecular formula is C19H31BrO5Si. The average molecular weight is 447 g/mol. The van der Waals surface area contributed by atoms with E-state index in [0.29, 0.717) is 6.04 Å². The number of hydrogen-bond donors (Lipinski definition) is 0. The number of halogens is 1. The summed E-state index contributed by atoms with van der Waals surface area (Å²) in [5.74, 6) is -0.279. The summed E-state index contributed by atoms with van der Waals surface area (Å²) < 4.78 is 24.6. The summed E-state index contributed by atoms with van der Waals surface area (Å²) in [7, 11) is -2.94. The summed E-state index contributed by atoms with van der Waals surface area (Å²) in [5.41, 5.74) is 0.899. The minimum absolute atomic E-state index is 0.0323. The van der Waals surface area contributed by atoms with Gasteiger partial charge in [0.2, 0.25) is 0 Å². The molecular weight excluding hydrogens is 416 g/mol. The van der Waals surface area contributed by atoms with Crippen molar-refractivity contribution in [2.75, 3.05) is 6.61 Å². The first-order valence-corrected chi connectivity index (χ1v) is 11.8. The van der Waals surface area contributed by atoms with Crippen LogP contribution in [-0.4, -0.2) is 39.7 Å². The molecule has 0 saturated heterocycles. The Morgan fingerprint density at radius 2 is 1.46 bits per heavy atom. The highest BCUT2D eigenvalue weighted by molar-refractivity contribution is 9.10. The van der Waals surface area contributed by atoms with Gasteiger partial charge in [-0.25, -0.2) is 0 Å². The molecule has 7 heteroatoms. The van der Waals surface area contributed by atoms with Crippen LogP contribution in [0.3, 0.4) is 0 Å². The molecule has 0 N–H and O–H groups in total. The lowest BCUT2D eigenvalue weighted by Crippen LogP contribution is -2.51. The predicted octanol–water partition coefficient (Wildman–Crippen LogP) is 4.75. The molecule has 0 amide bonds. The van der Waals surface area contributed by atoms with Gasteiger partial charge in [0, 0.05) is 22.8 Å². The van der Waals surface area contributed by atoms with Gasteiger partial charge in [0.15, 0.2) is 0 Å². The molecule has 0 atom stereocenters. The normalized spacial score (nSPS) is 12.2. The van der Waals surface area contributed by atoms with Gasteiger partial charge in [0.05, 0.1) is 19.1 Å². The quantitative estimate of drug-likeness (QED) is 0.362. The average Bonchev–Trinajstić information content (AvgIpc) is 2.47. The summed E-state index contributed by atoms with van der Waals surface area (Å²) in [5, 5.41) is 0. The molecule has 1 aromatic carbocycles. The number of ether oxygens (including phenoxy) is 1. The summed E-state index contributed by atoms with van der Waals surface area (Å²) in [6.45, 7) is 11.9. The van der Waals surface area contributed by atoms with Crippen LogP contribution in [0.5, 0.6) is 0 Å². The Morgan fingerprint density at radius 3 is 1.92 bits per heavy atom. The highest BCUT2D eigenvalue weighted by Crippen LogP contribution is 2.22. The molecule has 0 unspecified atom stereocenters. The zero-order valence-electron chi connectivity index (χ0n) is 16.6. The van der Waals surface area contributed by atoms with E-state index < -0.39 is 8.80 Å². The fourth-order valence-corrected chi connectivity index (χ4v) is 5.93. The molecule has 1 rings (SSSR count). The Bertz CT molecular complexity index is 536. The van der Waals surface area contributed by atoms with Crippen molar-refractivity contribution in [3.63, 3.8) is 0 Å². The van der Waals surface area contributed by atoms with Crippen LogP contribution in [0.15, 0.2) is 28.7 Å². The SMILES string of the molecule is CC(C)O[Si](CCOC(=O)Cc1ccccc1Br)(OC(C)C)OC(C)C. The van der Waals surface area contributed by atoms with Crippen molar-refractivity contribution in [3.05, 3.63) is 34.3 Å². The molecule has 0 aliphatic carbocycles. The van der Waals surface area contributed by atoms with E-state index in [0.717, 1.165) is 10.0 Å². The van der Waals surface area contributed by atoms with Crippen LogP contribution >= 0.6 is 15.9 Å². The Labute approximate surface area is 166 Å². The van der Waals surface area contributed by atoms with Crippen molar-refractivity contribution in [2.45, 2.75) is 72.3 Å². The molecule has 0 fully saturated rings. The van der Waals surface area contributed by atoms with Crippen molar-refractivity contribution in [3.8, 4) is 0 Å². The van der Waals surface area contributed by atoms with E-state index in [1.54, 1.807) is 0 Å². The van der Waals surface area contributed by atoms with Crippen molar-refractivity contribution in [2.24, 2.45) is 0 Å². The van der Waals surface area contributed by atoms with Gasteiger partial charge in [-0.1, -0.05) is 34.1 Å². The van der Waals surface area contributed by atoms with E-state index in [4.69, 9.17) is 18.0 Å². The maximum Gasteiger partial charge on any atom is 0.505 e. The molecule has 0 aromatic heterocycles. The molecule has 0 aliphatic heterocycles. The lowest BCUT2D eigenvalue weighted by molar-refractivity contribution is -0.142. The second-order valence-electron chi connectivity index (χ2n) is 6.92. The van der Waals surface area contributed by atoms with Gasteiger partial charge in [-0.05, 0) is 53.2 Å². The predicted molar refractivity (Wildman–Crippen MR) is 108 cm³/mol. The minimum Gasteiger partial charge on any atom is -0.465 e. The molecule has 0 saturated carbocycles. The van der Waals surface area contributed by atoms with Gasteiger partial charge in [0.1, 0.15) is 0 Å². The van der Waals surface area contributed by atoms with Crippen molar-refractivity contribution >= 4 is 30.7 Å². The van der Waals surface area contributed by atoms with Crippen LogP contribution in [0.25, 0.3) is 0 Å². The van der Waals surface area contributed by atoms with Crippen LogP contribution in [0.2, 0.25) is 6.04 Å². The third-order valence-electron chi connectivity index (χ3n) is 3.21. The number of esters is 1. The van der Waals surface area contributed by atoms with Crippen LogP contribution in [0.4, 0.5) is 0 Å². The van der Waals surface area contributed by atoms with E-state index in [-0.39, 0.29) is 37.3 Å². The van der Waals surface area contributed by atoms with E-state index in [2.05, 4.69) is 15.9 Å². The largest absolute Gasteiger partial charge is 0.505 e. The zero-order valence-corrected chi connectivity index (χ0v) is 19.2. The molecule has 1 aromatic rings. The van der Waals surface area contributed by atoms with Gasteiger partial charge in [0.25, 0.3) is 0 Å². The second kappa shape index (κ2) is 11.2. The Kier molecular flexibility index (Phi) is 10.0. The highest BCUT2D eigenvalue weighted by atomic mass is 79.9. The van der Waals surface area contributed by atoms with E-state index in [1.807, 2.05) is 65.8 Å². The van der Waals surface area contributed by atoms with Crippen molar-refractivity contribution in [1.82, 2.24) is 0 Å². The Balaban J connectivity index is 2.69. The molecule has 0 spiro atoms. The fourth-order valence-electron chi connectivity index (χ4n) is 2.48. The topological polar surface area (TPSA) is 54.0 Å². The lowest BCUT2D eigenvalue weighted by atomic mass is 10.2. The first-order valence-electron chi connectivity index (χ1n) is 9.06. The number of carbonyl (C=O) groups is 1. The summed E-state index contributed by atoms with van der Waals surface area (Å²) in [4.78, 5) is 12.2. The van der Waals surface area contributed by atoms with E-state index >= 15 is 0 Å². The highest BCUT2D eigenvalue weighted by Gasteiger charge is 2.44. The van der Waals surface area contributed by atoms with Gasteiger partial charge in [-0.3, -0.25) is 4.79 Å². The Hall–Kier alpha value is -0.733. The van der Waals surface area contributed by atoms with Gasteiger partial charge in [-0.2, -0.15) is 0 Å². The van der Waals surface area contributed by atoms with Crippen LogP contribution < -0.4 is 0 Å². The van der Waals surface area contributed by atoms with Crippen LogP contribution in [-0.2, 0) is 29.2 Å². The number of rotatable bonds is 11. The van der Waals surface area contributed by atoms with Gasteiger partial charge >= 0.3 is 14.8 Å². The van der Waals surface area contributed by atoms with E-state index in [9.17, 15) is 4.79 Å². The smallest absolute Gasteiger partial charge is 0.465 e. The second-order valence-corrected chi connectivity index (χ2v) is 10.3. The molecule has 0 aliphatic rings. The summed E-state index contributed by atoms with van der Waals surface area (Å²) in [6, 6.07) is 8.05. The first-order chi connectivity index (χ1) is 12.1. The fraction of sp³-hybridized carbons (Fsp3) is 0.632. The van der Waals surface area contributed by atoms with Crippen LogP contribution in [0.1, 0.15) is 47.1 Å². The molecule has 0 bridgehead atoms. The van der Waals surface area contributed by atoms with Crippen molar-refractivity contribution < 1.29 is 22.8 Å². The molecule has 5 nitrogen and oxygen atoms in total.